The van der Waals surface area contributed by atoms with Gasteiger partial charge < -0.3 is 20.0 Å². The fourth-order valence-electron chi connectivity index (χ4n) is 3.85. The molecule has 0 radical (unpaired) electrons. The summed E-state index contributed by atoms with van der Waals surface area (Å²) in [6.07, 6.45) is -4.10. The number of carbonyl (C=O) groups is 1. The van der Waals surface area contributed by atoms with Gasteiger partial charge in [-0.3, -0.25) is 4.79 Å². The summed E-state index contributed by atoms with van der Waals surface area (Å²) in [4.78, 5) is 11.2. The molecule has 3 N–H and O–H groups in total. The van der Waals surface area contributed by atoms with E-state index in [0.29, 0.717) is 28.0 Å². The first kappa shape index (κ1) is 23.4. The maximum absolute atomic E-state index is 13.6. The van der Waals surface area contributed by atoms with Gasteiger partial charge in [-0.1, -0.05) is 30.3 Å². The predicted octanol–water partition coefficient (Wildman–Crippen LogP) is 6.09. The Morgan fingerprint density at radius 1 is 1.09 bits per heavy atom. The van der Waals surface area contributed by atoms with Crippen molar-refractivity contribution in [2.24, 2.45) is 5.73 Å². The molecule has 4 aromatic rings. The molecule has 4 rings (SSSR count). The van der Waals surface area contributed by atoms with Crippen LogP contribution in [0.1, 0.15) is 27.8 Å². The number of hydrogen-bond donors (Lipinski definition) is 2. The summed E-state index contributed by atoms with van der Waals surface area (Å²) in [5.74, 6) is -0.636. The average molecular weight is 469 g/mol. The van der Waals surface area contributed by atoms with Gasteiger partial charge in [0.05, 0.1) is 6.42 Å². The fourth-order valence-corrected chi connectivity index (χ4v) is 3.85. The van der Waals surface area contributed by atoms with Gasteiger partial charge in [-0.15, -0.1) is 0 Å². The Labute approximate surface area is 193 Å². The molecule has 3 aromatic carbocycles. The van der Waals surface area contributed by atoms with Crippen LogP contribution in [0.4, 0.5) is 13.2 Å². The Balaban J connectivity index is 1.79. The molecule has 0 amide bonds. The molecule has 34 heavy (non-hydrogen) atoms. The predicted molar refractivity (Wildman–Crippen MR) is 121 cm³/mol. The zero-order valence-corrected chi connectivity index (χ0v) is 18.3. The summed E-state index contributed by atoms with van der Waals surface area (Å²) >= 11 is 0. The van der Waals surface area contributed by atoms with Gasteiger partial charge in [0.15, 0.2) is 0 Å². The van der Waals surface area contributed by atoms with Gasteiger partial charge >= 0.3 is 12.1 Å². The monoisotopic (exact) mass is 469 g/mol. The number of ether oxygens (including phenoxy) is 1. The van der Waals surface area contributed by atoms with Crippen molar-refractivity contribution in [3.05, 3.63) is 88.7 Å². The summed E-state index contributed by atoms with van der Waals surface area (Å²) in [6.45, 7) is 2.07. The Hall–Kier alpha value is -3.78. The molecule has 0 aliphatic heterocycles. The third-order valence-electron chi connectivity index (χ3n) is 5.47. The van der Waals surface area contributed by atoms with Crippen LogP contribution < -0.4 is 10.5 Å². The van der Waals surface area contributed by atoms with Crippen molar-refractivity contribution in [1.82, 2.24) is 0 Å². The fraction of sp³-hybridized carbons (Fsp3) is 0.192. The van der Waals surface area contributed by atoms with E-state index in [2.05, 4.69) is 0 Å². The zero-order valence-electron chi connectivity index (χ0n) is 18.3. The molecule has 0 fully saturated rings. The number of aliphatic carboxylic acids is 1. The van der Waals surface area contributed by atoms with E-state index in [0.717, 1.165) is 17.4 Å². The highest BCUT2D eigenvalue weighted by atomic mass is 19.4. The number of furan rings is 1. The molecule has 0 spiro atoms. The van der Waals surface area contributed by atoms with E-state index in [-0.39, 0.29) is 30.5 Å². The first-order chi connectivity index (χ1) is 16.2. The topological polar surface area (TPSA) is 85.7 Å². The first-order valence-corrected chi connectivity index (χ1v) is 10.5. The van der Waals surface area contributed by atoms with Gasteiger partial charge in [0.1, 0.15) is 29.8 Å². The maximum Gasteiger partial charge on any atom is 0.420 e. The maximum atomic E-state index is 13.6. The average Bonchev–Trinajstić information content (AvgIpc) is 3.23. The van der Waals surface area contributed by atoms with Crippen LogP contribution in [0.3, 0.4) is 0 Å². The molecule has 176 valence electrons. The highest BCUT2D eigenvalue weighted by Crippen LogP contribution is 2.40. The van der Waals surface area contributed by atoms with Crippen LogP contribution in [-0.2, 0) is 30.5 Å². The van der Waals surface area contributed by atoms with Gasteiger partial charge in [-0.2, -0.15) is 13.2 Å². The van der Waals surface area contributed by atoms with E-state index in [1.54, 1.807) is 42.5 Å². The van der Waals surface area contributed by atoms with Crippen molar-refractivity contribution < 1.29 is 32.2 Å². The molecule has 1 heterocycles. The van der Waals surface area contributed by atoms with Gasteiger partial charge in [0.25, 0.3) is 0 Å². The minimum Gasteiger partial charge on any atom is -0.489 e. The van der Waals surface area contributed by atoms with Crippen molar-refractivity contribution in [2.75, 3.05) is 0 Å². The second-order valence-electron chi connectivity index (χ2n) is 8.04. The lowest BCUT2D eigenvalue weighted by atomic mass is 9.97. The number of benzene rings is 3. The molecular weight excluding hydrogens is 447 g/mol. The van der Waals surface area contributed by atoms with Crippen LogP contribution in [0.5, 0.6) is 5.75 Å². The summed E-state index contributed by atoms with van der Waals surface area (Å²) in [5.41, 5.74) is 8.79. The summed E-state index contributed by atoms with van der Waals surface area (Å²) in [6, 6.07) is 15.5. The van der Waals surface area contributed by atoms with Crippen LogP contribution in [-0.4, -0.2) is 11.1 Å². The van der Waals surface area contributed by atoms with E-state index in [1.165, 1.54) is 6.07 Å². The summed E-state index contributed by atoms with van der Waals surface area (Å²) in [7, 11) is 0. The van der Waals surface area contributed by atoms with E-state index >= 15 is 0 Å². The Morgan fingerprint density at radius 3 is 2.59 bits per heavy atom. The number of carboxylic acids is 1. The number of hydrogen-bond acceptors (Lipinski definition) is 4. The lowest BCUT2D eigenvalue weighted by Gasteiger charge is -2.14. The molecule has 0 atom stereocenters. The van der Waals surface area contributed by atoms with Crippen molar-refractivity contribution >= 4 is 16.9 Å². The number of nitrogens with two attached hydrogens (primary N) is 1. The standard InChI is InChI=1S/C26H22F3NO4/c1-15-5-6-19(11-24(31)32)23(7-15)33-13-17-9-20(18-4-2-3-16(8-18)12-30)25-21(10-17)22(14-34-25)26(27,28)29/h2-10,14H,11-13,30H2,1H3,(H,31,32). The van der Waals surface area contributed by atoms with E-state index < -0.39 is 17.7 Å². The SMILES string of the molecule is Cc1ccc(CC(=O)O)c(OCc2cc(-c3cccc(CN)c3)c3occ(C(F)(F)F)c3c2)c1. The molecule has 0 aliphatic rings. The zero-order chi connectivity index (χ0) is 24.5. The van der Waals surface area contributed by atoms with Crippen molar-refractivity contribution in [3.8, 4) is 16.9 Å². The molecule has 0 unspecified atom stereocenters. The molecule has 5 nitrogen and oxygen atoms in total. The van der Waals surface area contributed by atoms with Crippen molar-refractivity contribution in [1.29, 1.82) is 0 Å². The van der Waals surface area contributed by atoms with E-state index in [4.69, 9.17) is 14.9 Å². The Bertz CT molecular complexity index is 1360. The van der Waals surface area contributed by atoms with E-state index in [1.807, 2.05) is 13.0 Å². The number of rotatable bonds is 7. The highest BCUT2D eigenvalue weighted by molar-refractivity contribution is 5.95. The molecule has 0 bridgehead atoms. The minimum atomic E-state index is -4.59. The first-order valence-electron chi connectivity index (χ1n) is 10.5. The molecular formula is C26H22F3NO4. The molecule has 0 aliphatic carbocycles. The summed E-state index contributed by atoms with van der Waals surface area (Å²) < 4.78 is 52.2. The van der Waals surface area contributed by atoms with Crippen LogP contribution >= 0.6 is 0 Å². The quantitative estimate of drug-likeness (QED) is 0.342. The van der Waals surface area contributed by atoms with Crippen molar-refractivity contribution in [2.45, 2.75) is 32.7 Å². The Kier molecular flexibility index (Phi) is 6.34. The van der Waals surface area contributed by atoms with Crippen LogP contribution in [0.15, 0.2) is 65.3 Å². The molecule has 0 saturated carbocycles. The summed E-state index contributed by atoms with van der Waals surface area (Å²) in [5, 5.41) is 9.10. The number of fused-ring (bicyclic) bond motifs is 1. The van der Waals surface area contributed by atoms with Crippen LogP contribution in [0, 0.1) is 6.92 Å². The van der Waals surface area contributed by atoms with Gasteiger partial charge in [0, 0.05) is 23.1 Å². The number of alkyl halides is 3. The molecule has 0 saturated heterocycles. The van der Waals surface area contributed by atoms with E-state index in [9.17, 15) is 23.1 Å². The molecule has 8 heteroatoms. The van der Waals surface area contributed by atoms with Gasteiger partial charge in [-0.25, -0.2) is 0 Å². The third-order valence-corrected chi connectivity index (χ3v) is 5.47. The van der Waals surface area contributed by atoms with Crippen LogP contribution in [0.25, 0.3) is 22.1 Å². The van der Waals surface area contributed by atoms with Gasteiger partial charge in [-0.05, 0) is 53.4 Å². The normalized spacial score (nSPS) is 11.7. The Morgan fingerprint density at radius 2 is 1.88 bits per heavy atom. The molecule has 1 aromatic heterocycles. The number of aryl methyl sites for hydroxylation is 1. The lowest BCUT2D eigenvalue weighted by molar-refractivity contribution is -0.137. The largest absolute Gasteiger partial charge is 0.489 e. The van der Waals surface area contributed by atoms with Gasteiger partial charge in [0.2, 0.25) is 0 Å². The van der Waals surface area contributed by atoms with Crippen molar-refractivity contribution in [3.63, 3.8) is 0 Å². The lowest BCUT2D eigenvalue weighted by Crippen LogP contribution is -2.05. The second kappa shape index (κ2) is 9.23. The number of carboxylic acid groups (broad SMARTS) is 1. The van der Waals surface area contributed by atoms with Crippen LogP contribution in [0.2, 0.25) is 0 Å². The number of halogens is 3. The smallest absolute Gasteiger partial charge is 0.420 e. The minimum absolute atomic E-state index is 0.0575. The third kappa shape index (κ3) is 4.92. The second-order valence-corrected chi connectivity index (χ2v) is 8.04. The highest BCUT2D eigenvalue weighted by Gasteiger charge is 2.35.